The summed E-state index contributed by atoms with van der Waals surface area (Å²) < 4.78 is 5.26. The summed E-state index contributed by atoms with van der Waals surface area (Å²) in [6, 6.07) is 0. The number of carbonyl (C=O) groups excluding carboxylic acids is 1. The summed E-state index contributed by atoms with van der Waals surface area (Å²) in [6.45, 7) is 3.80. The predicted molar refractivity (Wildman–Crippen MR) is 83.0 cm³/mol. The van der Waals surface area contributed by atoms with Gasteiger partial charge in [-0.15, -0.1) is 0 Å². The highest BCUT2D eigenvalue weighted by Gasteiger charge is 2.32. The van der Waals surface area contributed by atoms with Crippen molar-refractivity contribution in [3.63, 3.8) is 0 Å². The van der Waals surface area contributed by atoms with Crippen molar-refractivity contribution in [1.82, 2.24) is 5.32 Å². The van der Waals surface area contributed by atoms with Gasteiger partial charge in [0, 0.05) is 38.5 Å². The van der Waals surface area contributed by atoms with E-state index in [-0.39, 0.29) is 11.8 Å². The summed E-state index contributed by atoms with van der Waals surface area (Å²) in [4.78, 5) is 12.3. The second-order valence-corrected chi connectivity index (χ2v) is 6.91. The maximum absolute atomic E-state index is 12.3. The van der Waals surface area contributed by atoms with E-state index in [9.17, 15) is 9.90 Å². The zero-order valence-corrected chi connectivity index (χ0v) is 13.4. The molecule has 1 amide bonds. The molecular formula is C17H31NO3. The van der Waals surface area contributed by atoms with Gasteiger partial charge in [-0.05, 0) is 31.6 Å². The number of carbonyl (C=O) groups is 1. The van der Waals surface area contributed by atoms with Gasteiger partial charge in [-0.2, -0.15) is 0 Å². The number of ether oxygens (including phenoxy) is 1. The standard InChI is InChI=1S/C17H31NO3/c1-2-3-4-14-5-7-15(8-6-14)16(19)18-13-17(20)9-11-21-12-10-17/h14-15,20H,2-13H2,1H3,(H,18,19). The normalized spacial score (nSPS) is 29.0. The average Bonchev–Trinajstić information content (AvgIpc) is 2.52. The van der Waals surface area contributed by atoms with Crippen LogP contribution < -0.4 is 5.32 Å². The second kappa shape index (κ2) is 8.14. The molecule has 1 aliphatic heterocycles. The van der Waals surface area contributed by atoms with Crippen molar-refractivity contribution < 1.29 is 14.6 Å². The lowest BCUT2D eigenvalue weighted by Gasteiger charge is -2.33. The minimum atomic E-state index is -0.758. The van der Waals surface area contributed by atoms with E-state index in [2.05, 4.69) is 12.2 Å². The van der Waals surface area contributed by atoms with E-state index >= 15 is 0 Å². The van der Waals surface area contributed by atoms with Crippen LogP contribution in [0.25, 0.3) is 0 Å². The minimum absolute atomic E-state index is 0.142. The van der Waals surface area contributed by atoms with Crippen LogP contribution in [-0.2, 0) is 9.53 Å². The van der Waals surface area contributed by atoms with Crippen LogP contribution >= 0.6 is 0 Å². The molecule has 0 atom stereocenters. The molecule has 2 aliphatic rings. The van der Waals surface area contributed by atoms with E-state index < -0.39 is 5.60 Å². The monoisotopic (exact) mass is 297 g/mol. The lowest BCUT2D eigenvalue weighted by Crippen LogP contribution is -2.48. The molecule has 2 rings (SSSR count). The van der Waals surface area contributed by atoms with Crippen LogP contribution in [0.3, 0.4) is 0 Å². The molecular weight excluding hydrogens is 266 g/mol. The van der Waals surface area contributed by atoms with Gasteiger partial charge in [0.15, 0.2) is 0 Å². The summed E-state index contributed by atoms with van der Waals surface area (Å²) >= 11 is 0. The van der Waals surface area contributed by atoms with Crippen LogP contribution in [0, 0.1) is 11.8 Å². The number of hydrogen-bond acceptors (Lipinski definition) is 3. The molecule has 1 heterocycles. The molecule has 0 aromatic rings. The van der Waals surface area contributed by atoms with Crippen LogP contribution in [0.4, 0.5) is 0 Å². The summed E-state index contributed by atoms with van der Waals surface area (Å²) in [5.41, 5.74) is -0.758. The van der Waals surface area contributed by atoms with E-state index in [1.165, 1.54) is 32.1 Å². The van der Waals surface area contributed by atoms with Gasteiger partial charge in [-0.3, -0.25) is 4.79 Å². The van der Waals surface area contributed by atoms with Crippen molar-refractivity contribution in [2.45, 2.75) is 70.3 Å². The molecule has 1 aliphatic carbocycles. The van der Waals surface area contributed by atoms with Crippen molar-refractivity contribution in [2.24, 2.45) is 11.8 Å². The lowest BCUT2D eigenvalue weighted by molar-refractivity contribution is -0.129. The smallest absolute Gasteiger partial charge is 0.223 e. The van der Waals surface area contributed by atoms with E-state index in [1.54, 1.807) is 0 Å². The fraction of sp³-hybridized carbons (Fsp3) is 0.941. The number of amides is 1. The Kier molecular flexibility index (Phi) is 6.49. The Morgan fingerprint density at radius 2 is 1.90 bits per heavy atom. The van der Waals surface area contributed by atoms with Gasteiger partial charge in [-0.25, -0.2) is 0 Å². The Labute approximate surface area is 128 Å². The molecule has 2 fully saturated rings. The fourth-order valence-electron chi connectivity index (χ4n) is 3.53. The molecule has 4 heteroatoms. The Morgan fingerprint density at radius 1 is 1.24 bits per heavy atom. The number of hydrogen-bond donors (Lipinski definition) is 2. The topological polar surface area (TPSA) is 58.6 Å². The molecule has 122 valence electrons. The van der Waals surface area contributed by atoms with Gasteiger partial charge in [0.1, 0.15) is 0 Å². The maximum atomic E-state index is 12.3. The van der Waals surface area contributed by atoms with Gasteiger partial charge >= 0.3 is 0 Å². The van der Waals surface area contributed by atoms with Crippen molar-refractivity contribution in [1.29, 1.82) is 0 Å². The first-order valence-corrected chi connectivity index (χ1v) is 8.71. The van der Waals surface area contributed by atoms with Gasteiger partial charge in [0.05, 0.1) is 5.60 Å². The summed E-state index contributed by atoms with van der Waals surface area (Å²) in [5, 5.41) is 13.3. The number of nitrogens with one attached hydrogen (secondary N) is 1. The third-order valence-electron chi connectivity index (χ3n) is 5.20. The van der Waals surface area contributed by atoms with Gasteiger partial charge in [0.2, 0.25) is 5.91 Å². The third kappa shape index (κ3) is 5.26. The first-order valence-electron chi connectivity index (χ1n) is 8.71. The van der Waals surface area contributed by atoms with E-state index in [4.69, 9.17) is 4.74 Å². The molecule has 1 saturated carbocycles. The summed E-state index contributed by atoms with van der Waals surface area (Å²) in [6.07, 6.45) is 9.56. The predicted octanol–water partition coefficient (Wildman–Crippen LogP) is 2.64. The molecule has 0 aromatic carbocycles. The zero-order valence-electron chi connectivity index (χ0n) is 13.4. The van der Waals surface area contributed by atoms with Crippen molar-refractivity contribution in [2.75, 3.05) is 19.8 Å². The molecule has 0 spiro atoms. The SMILES string of the molecule is CCCCC1CCC(C(=O)NCC2(O)CCOCC2)CC1. The van der Waals surface area contributed by atoms with E-state index in [0.29, 0.717) is 32.6 Å². The molecule has 0 bridgehead atoms. The Balaban J connectivity index is 1.67. The van der Waals surface area contributed by atoms with Crippen LogP contribution in [0.5, 0.6) is 0 Å². The number of rotatable bonds is 6. The van der Waals surface area contributed by atoms with Crippen LogP contribution in [-0.4, -0.2) is 36.4 Å². The zero-order chi connectivity index (χ0) is 15.1. The van der Waals surface area contributed by atoms with Crippen molar-refractivity contribution in [3.05, 3.63) is 0 Å². The second-order valence-electron chi connectivity index (χ2n) is 6.91. The Morgan fingerprint density at radius 3 is 2.52 bits per heavy atom. The lowest BCUT2D eigenvalue weighted by atomic mass is 9.79. The van der Waals surface area contributed by atoms with Gasteiger partial charge < -0.3 is 15.2 Å². The van der Waals surface area contributed by atoms with Crippen LogP contribution in [0.15, 0.2) is 0 Å². The summed E-state index contributed by atoms with van der Waals surface area (Å²) in [5.74, 6) is 1.13. The van der Waals surface area contributed by atoms with Gasteiger partial charge in [0.25, 0.3) is 0 Å². The average molecular weight is 297 g/mol. The highest BCUT2D eigenvalue weighted by Crippen LogP contribution is 2.32. The fourth-order valence-corrected chi connectivity index (χ4v) is 3.53. The molecule has 0 aromatic heterocycles. The highest BCUT2D eigenvalue weighted by molar-refractivity contribution is 5.78. The maximum Gasteiger partial charge on any atom is 0.223 e. The number of unbranched alkanes of at least 4 members (excludes halogenated alkanes) is 1. The third-order valence-corrected chi connectivity index (χ3v) is 5.20. The Hall–Kier alpha value is -0.610. The van der Waals surface area contributed by atoms with Crippen LogP contribution in [0.2, 0.25) is 0 Å². The molecule has 1 saturated heterocycles. The minimum Gasteiger partial charge on any atom is -0.388 e. The number of aliphatic hydroxyl groups is 1. The molecule has 0 radical (unpaired) electrons. The first-order chi connectivity index (χ1) is 10.1. The van der Waals surface area contributed by atoms with Crippen molar-refractivity contribution >= 4 is 5.91 Å². The van der Waals surface area contributed by atoms with Crippen molar-refractivity contribution in [3.8, 4) is 0 Å². The van der Waals surface area contributed by atoms with Gasteiger partial charge in [-0.1, -0.05) is 26.2 Å². The first kappa shape index (κ1) is 16.8. The largest absolute Gasteiger partial charge is 0.388 e. The Bertz CT molecular complexity index is 318. The molecule has 4 nitrogen and oxygen atoms in total. The van der Waals surface area contributed by atoms with E-state index in [1.807, 2.05) is 0 Å². The highest BCUT2D eigenvalue weighted by atomic mass is 16.5. The molecule has 0 unspecified atom stereocenters. The summed E-state index contributed by atoms with van der Waals surface area (Å²) in [7, 11) is 0. The molecule has 21 heavy (non-hydrogen) atoms. The van der Waals surface area contributed by atoms with E-state index in [0.717, 1.165) is 18.8 Å². The van der Waals surface area contributed by atoms with Crippen LogP contribution in [0.1, 0.15) is 64.7 Å². The molecule has 2 N–H and O–H groups in total. The quantitative estimate of drug-likeness (QED) is 0.792.